The molecule has 0 saturated carbocycles. The largest absolute Gasteiger partial charge is 0.493 e. The summed E-state index contributed by atoms with van der Waals surface area (Å²) in [7, 11) is 1.38. The molecule has 1 aromatic rings. The predicted octanol–water partition coefficient (Wildman–Crippen LogP) is 1.15. The fourth-order valence-electron chi connectivity index (χ4n) is 1.47. The van der Waals surface area contributed by atoms with E-state index in [1.807, 2.05) is 24.4 Å². The topological polar surface area (TPSA) is 93.7 Å². The van der Waals surface area contributed by atoms with E-state index in [1.165, 1.54) is 14.0 Å². The van der Waals surface area contributed by atoms with Gasteiger partial charge in [0.1, 0.15) is 5.75 Å². The number of rotatable bonds is 6. The van der Waals surface area contributed by atoms with Gasteiger partial charge in [0, 0.05) is 7.05 Å². The molecule has 0 heterocycles. The number of hydrogen-bond donors (Lipinski definition) is 2. The number of imide groups is 1. The second-order valence-corrected chi connectivity index (χ2v) is 4.61. The number of urea groups is 1. The fourth-order valence-corrected chi connectivity index (χ4v) is 1.47. The number of benzene rings is 1. The van der Waals surface area contributed by atoms with Crippen molar-refractivity contribution in [3.05, 3.63) is 29.8 Å². The minimum atomic E-state index is -1.05. The van der Waals surface area contributed by atoms with Crippen molar-refractivity contribution in [2.24, 2.45) is 0 Å². The van der Waals surface area contributed by atoms with Gasteiger partial charge in [0.2, 0.25) is 0 Å². The number of nitrogens with one attached hydrogen (secondary N) is 2. The van der Waals surface area contributed by atoms with Crippen LogP contribution in [0.3, 0.4) is 0 Å². The van der Waals surface area contributed by atoms with Crippen LogP contribution in [0.2, 0.25) is 0 Å². The lowest BCUT2D eigenvalue weighted by molar-refractivity contribution is -0.154. The van der Waals surface area contributed by atoms with Crippen LogP contribution < -0.4 is 15.4 Å². The monoisotopic (exact) mass is 308 g/mol. The predicted molar refractivity (Wildman–Crippen MR) is 79.4 cm³/mol. The molecule has 7 nitrogen and oxygen atoms in total. The van der Waals surface area contributed by atoms with E-state index >= 15 is 0 Å². The van der Waals surface area contributed by atoms with Crippen LogP contribution in [0.1, 0.15) is 18.9 Å². The molecule has 0 saturated heterocycles. The van der Waals surface area contributed by atoms with Crippen molar-refractivity contribution in [1.82, 2.24) is 10.6 Å². The van der Waals surface area contributed by atoms with Gasteiger partial charge in [0.15, 0.2) is 6.10 Å². The minimum absolute atomic E-state index is 0.00543. The van der Waals surface area contributed by atoms with Gasteiger partial charge >= 0.3 is 12.0 Å². The van der Waals surface area contributed by atoms with Crippen molar-refractivity contribution in [1.29, 1.82) is 0 Å². The maximum Gasteiger partial charge on any atom is 0.321 e. The molecule has 0 unspecified atom stereocenters. The molecule has 2 N–H and O–H groups in total. The molecule has 7 heteroatoms. The van der Waals surface area contributed by atoms with Crippen molar-refractivity contribution < 1.29 is 23.9 Å². The molecule has 0 bridgehead atoms. The fraction of sp³-hybridized carbons (Fsp3) is 0.400. The van der Waals surface area contributed by atoms with Crippen LogP contribution in [0.15, 0.2) is 24.3 Å². The van der Waals surface area contributed by atoms with Crippen molar-refractivity contribution in [3.63, 3.8) is 0 Å². The molecule has 0 radical (unpaired) electrons. The second kappa shape index (κ2) is 8.66. The van der Waals surface area contributed by atoms with Gasteiger partial charge in [0.25, 0.3) is 5.91 Å². The summed E-state index contributed by atoms with van der Waals surface area (Å²) in [6.07, 6.45) is -1.05. The zero-order chi connectivity index (χ0) is 16.5. The Morgan fingerprint density at radius 3 is 2.41 bits per heavy atom. The molecule has 0 aliphatic rings. The molecule has 22 heavy (non-hydrogen) atoms. The third kappa shape index (κ3) is 6.25. The Bertz CT molecular complexity index is 527. The summed E-state index contributed by atoms with van der Waals surface area (Å²) in [6, 6.07) is 6.76. The third-order valence-electron chi connectivity index (χ3n) is 2.74. The maximum atomic E-state index is 11.6. The van der Waals surface area contributed by atoms with Gasteiger partial charge in [0.05, 0.1) is 13.0 Å². The Morgan fingerprint density at radius 1 is 1.18 bits per heavy atom. The average Bonchev–Trinajstić information content (AvgIpc) is 2.49. The highest BCUT2D eigenvalue weighted by Gasteiger charge is 2.19. The van der Waals surface area contributed by atoms with Gasteiger partial charge in [-0.3, -0.25) is 14.9 Å². The van der Waals surface area contributed by atoms with Crippen LogP contribution in [-0.4, -0.2) is 37.7 Å². The number of hydrogen-bond acceptors (Lipinski definition) is 5. The highest BCUT2D eigenvalue weighted by molar-refractivity contribution is 5.96. The van der Waals surface area contributed by atoms with E-state index in [-0.39, 0.29) is 13.0 Å². The summed E-state index contributed by atoms with van der Waals surface area (Å²) in [4.78, 5) is 34.0. The first-order chi connectivity index (χ1) is 10.4. The van der Waals surface area contributed by atoms with Crippen molar-refractivity contribution >= 4 is 17.9 Å². The summed E-state index contributed by atoms with van der Waals surface area (Å²) in [5, 5.41) is 4.25. The van der Waals surface area contributed by atoms with E-state index in [0.29, 0.717) is 5.75 Å². The SMILES string of the molecule is CNC(=O)NC(=O)[C@@H](C)OC(=O)CCOc1ccc(C)cc1. The number of ether oxygens (including phenoxy) is 2. The number of esters is 1. The molecule has 3 amide bonds. The van der Waals surface area contributed by atoms with E-state index in [2.05, 4.69) is 5.32 Å². The van der Waals surface area contributed by atoms with Crippen molar-refractivity contribution in [3.8, 4) is 5.75 Å². The minimum Gasteiger partial charge on any atom is -0.493 e. The highest BCUT2D eigenvalue weighted by Crippen LogP contribution is 2.11. The lowest BCUT2D eigenvalue weighted by Gasteiger charge is -2.13. The van der Waals surface area contributed by atoms with E-state index in [1.54, 1.807) is 12.1 Å². The number of amides is 3. The summed E-state index contributed by atoms with van der Waals surface area (Å²) < 4.78 is 10.3. The van der Waals surface area contributed by atoms with Gasteiger partial charge in [-0.1, -0.05) is 17.7 Å². The quantitative estimate of drug-likeness (QED) is 0.769. The van der Waals surface area contributed by atoms with Gasteiger partial charge in [-0.25, -0.2) is 4.79 Å². The third-order valence-corrected chi connectivity index (χ3v) is 2.74. The summed E-state index contributed by atoms with van der Waals surface area (Å²) in [6.45, 7) is 3.50. The van der Waals surface area contributed by atoms with Crippen LogP contribution in [-0.2, 0) is 14.3 Å². The summed E-state index contributed by atoms with van der Waals surface area (Å²) >= 11 is 0. The highest BCUT2D eigenvalue weighted by atomic mass is 16.5. The number of carbonyl (C=O) groups excluding carboxylic acids is 3. The standard InChI is InChI=1S/C15H20N2O5/c1-10-4-6-12(7-5-10)21-9-8-13(18)22-11(2)14(19)17-15(20)16-3/h4-7,11H,8-9H2,1-3H3,(H2,16,17,19,20)/t11-/m1/s1. The van der Waals surface area contributed by atoms with Crippen LogP contribution in [0, 0.1) is 6.92 Å². The van der Waals surface area contributed by atoms with E-state index in [4.69, 9.17) is 9.47 Å². The Kier molecular flexibility index (Phi) is 6.88. The molecule has 0 spiro atoms. The van der Waals surface area contributed by atoms with Crippen LogP contribution in [0.25, 0.3) is 0 Å². The molecular formula is C15H20N2O5. The Balaban J connectivity index is 2.29. The summed E-state index contributed by atoms with van der Waals surface area (Å²) in [5.41, 5.74) is 1.11. The lowest BCUT2D eigenvalue weighted by Crippen LogP contribution is -2.43. The smallest absolute Gasteiger partial charge is 0.321 e. The van der Waals surface area contributed by atoms with E-state index in [0.717, 1.165) is 5.56 Å². The molecule has 1 atom stereocenters. The zero-order valence-electron chi connectivity index (χ0n) is 12.8. The molecule has 0 fully saturated rings. The Labute approximate surface area is 129 Å². The molecule has 0 aliphatic carbocycles. The Morgan fingerprint density at radius 2 is 1.82 bits per heavy atom. The van der Waals surface area contributed by atoms with Gasteiger partial charge in [-0.15, -0.1) is 0 Å². The van der Waals surface area contributed by atoms with E-state index in [9.17, 15) is 14.4 Å². The number of aryl methyl sites for hydroxylation is 1. The van der Waals surface area contributed by atoms with Gasteiger partial charge in [-0.2, -0.15) is 0 Å². The average molecular weight is 308 g/mol. The Hall–Kier alpha value is -2.57. The molecule has 120 valence electrons. The van der Waals surface area contributed by atoms with Crippen molar-refractivity contribution in [2.75, 3.05) is 13.7 Å². The van der Waals surface area contributed by atoms with Crippen molar-refractivity contribution in [2.45, 2.75) is 26.4 Å². The summed E-state index contributed by atoms with van der Waals surface area (Å²) in [5.74, 6) is -0.609. The maximum absolute atomic E-state index is 11.6. The first-order valence-electron chi connectivity index (χ1n) is 6.84. The van der Waals surface area contributed by atoms with Crippen LogP contribution in [0.4, 0.5) is 4.79 Å². The first kappa shape index (κ1) is 17.5. The first-order valence-corrected chi connectivity index (χ1v) is 6.84. The second-order valence-electron chi connectivity index (χ2n) is 4.61. The molecule has 1 aromatic carbocycles. The lowest BCUT2D eigenvalue weighted by atomic mass is 10.2. The normalized spacial score (nSPS) is 11.2. The van der Waals surface area contributed by atoms with Crippen LogP contribution >= 0.6 is 0 Å². The molecule has 0 aliphatic heterocycles. The van der Waals surface area contributed by atoms with Crippen LogP contribution in [0.5, 0.6) is 5.75 Å². The van der Waals surface area contributed by atoms with Gasteiger partial charge in [-0.05, 0) is 26.0 Å². The van der Waals surface area contributed by atoms with E-state index < -0.39 is 24.0 Å². The molecule has 1 rings (SSSR count). The molecule has 0 aromatic heterocycles. The number of carbonyl (C=O) groups is 3. The zero-order valence-corrected chi connectivity index (χ0v) is 12.8. The molecular weight excluding hydrogens is 288 g/mol. The van der Waals surface area contributed by atoms with Gasteiger partial charge < -0.3 is 14.8 Å².